The number of hydrogen-bond acceptors (Lipinski definition) is 7. The predicted octanol–water partition coefficient (Wildman–Crippen LogP) is 3.04. The molecule has 2 saturated carbocycles. The fourth-order valence-electron chi connectivity index (χ4n) is 6.26. The maximum atomic E-state index is 13.7. The van der Waals surface area contributed by atoms with Gasteiger partial charge in [0.15, 0.2) is 0 Å². The Labute approximate surface area is 243 Å². The number of rotatable bonds is 6. The lowest BCUT2D eigenvalue weighted by atomic mass is 10.0. The Morgan fingerprint density at radius 1 is 1.07 bits per heavy atom. The van der Waals surface area contributed by atoms with Crippen molar-refractivity contribution in [2.45, 2.75) is 132 Å². The summed E-state index contributed by atoms with van der Waals surface area (Å²) < 4.78 is 33.0. The van der Waals surface area contributed by atoms with E-state index < -0.39 is 55.9 Å². The first kappa shape index (κ1) is 31.3. The van der Waals surface area contributed by atoms with E-state index in [1.807, 2.05) is 0 Å². The molecule has 0 radical (unpaired) electrons. The second-order valence-corrected chi connectivity index (χ2v) is 15.3. The first-order chi connectivity index (χ1) is 19.2. The summed E-state index contributed by atoms with van der Waals surface area (Å²) in [4.78, 5) is 55.0. The van der Waals surface area contributed by atoms with Crippen LogP contribution in [0, 0.1) is 5.92 Å². The van der Waals surface area contributed by atoms with Crippen LogP contribution in [0.25, 0.3) is 0 Å². The molecular weight excluding hydrogens is 548 g/mol. The number of ether oxygens (including phenoxy) is 1. The van der Waals surface area contributed by atoms with Crippen molar-refractivity contribution < 1.29 is 32.3 Å². The van der Waals surface area contributed by atoms with Crippen LogP contribution >= 0.6 is 0 Å². The number of amides is 4. The first-order valence-electron chi connectivity index (χ1n) is 15.0. The number of hydrogen-bond donors (Lipinski definition) is 3. The monoisotopic (exact) mass is 594 g/mol. The van der Waals surface area contributed by atoms with Crippen molar-refractivity contribution in [3.8, 4) is 0 Å². The van der Waals surface area contributed by atoms with Crippen LogP contribution in [0.4, 0.5) is 4.79 Å². The largest absolute Gasteiger partial charge is 0.444 e. The van der Waals surface area contributed by atoms with Gasteiger partial charge in [-0.15, -0.1) is 6.58 Å². The molecule has 0 aromatic carbocycles. The van der Waals surface area contributed by atoms with Crippen molar-refractivity contribution in [1.29, 1.82) is 0 Å². The molecule has 4 aliphatic rings. The summed E-state index contributed by atoms with van der Waals surface area (Å²) in [6.07, 6.45) is 8.85. The molecule has 11 nitrogen and oxygen atoms in total. The number of sulfonamides is 1. The van der Waals surface area contributed by atoms with E-state index in [0.717, 1.165) is 32.1 Å². The molecule has 0 aromatic heterocycles. The van der Waals surface area contributed by atoms with Crippen molar-refractivity contribution in [3.63, 3.8) is 0 Å². The molecule has 2 heterocycles. The maximum Gasteiger partial charge on any atom is 0.408 e. The fourth-order valence-corrected chi connectivity index (χ4v) is 7.88. The van der Waals surface area contributed by atoms with E-state index in [2.05, 4.69) is 21.9 Å². The SMILES string of the molecule is C=CCC1(S(=O)(=O)NC(=O)[C@@]23C[C@H]2CCCCCCC[C@H](NC(=O)OC(C)(C)C)C(=O)N2CCC[C@H]2C(=O)N3)CC1. The van der Waals surface area contributed by atoms with Gasteiger partial charge in [-0.1, -0.05) is 38.2 Å². The lowest BCUT2D eigenvalue weighted by molar-refractivity contribution is -0.141. The lowest BCUT2D eigenvalue weighted by Crippen LogP contribution is -2.59. The third kappa shape index (κ3) is 7.06. The molecule has 0 spiro atoms. The molecule has 12 heteroatoms. The lowest BCUT2D eigenvalue weighted by Gasteiger charge is -2.30. The summed E-state index contributed by atoms with van der Waals surface area (Å²) >= 11 is 0. The van der Waals surface area contributed by atoms with E-state index in [1.54, 1.807) is 26.8 Å². The van der Waals surface area contributed by atoms with Crippen LogP contribution < -0.4 is 15.4 Å². The zero-order valence-electron chi connectivity index (χ0n) is 24.6. The first-order valence-corrected chi connectivity index (χ1v) is 16.5. The van der Waals surface area contributed by atoms with Gasteiger partial charge in [0.1, 0.15) is 23.2 Å². The minimum Gasteiger partial charge on any atom is -0.444 e. The normalized spacial score (nSPS) is 30.4. The highest BCUT2D eigenvalue weighted by molar-refractivity contribution is 7.91. The smallest absolute Gasteiger partial charge is 0.408 e. The van der Waals surface area contributed by atoms with Crippen LogP contribution in [-0.2, 0) is 29.1 Å². The number of nitrogens with zero attached hydrogens (tertiary/aromatic N) is 1. The molecule has 41 heavy (non-hydrogen) atoms. The van der Waals surface area contributed by atoms with Gasteiger partial charge in [-0.25, -0.2) is 13.2 Å². The highest BCUT2D eigenvalue weighted by atomic mass is 32.2. The van der Waals surface area contributed by atoms with Crippen molar-refractivity contribution in [2.24, 2.45) is 5.92 Å². The van der Waals surface area contributed by atoms with Gasteiger partial charge in [-0.05, 0) is 78.1 Å². The predicted molar refractivity (Wildman–Crippen MR) is 153 cm³/mol. The summed E-state index contributed by atoms with van der Waals surface area (Å²) in [6.45, 7) is 9.25. The van der Waals surface area contributed by atoms with Crippen LogP contribution in [0.1, 0.15) is 104 Å². The number of alkyl carbamates (subject to hydrolysis) is 1. The Morgan fingerprint density at radius 2 is 1.73 bits per heavy atom. The highest BCUT2D eigenvalue weighted by Crippen LogP contribution is 2.50. The molecule has 230 valence electrons. The van der Waals surface area contributed by atoms with E-state index in [9.17, 15) is 27.6 Å². The number of carbonyl (C=O) groups is 4. The van der Waals surface area contributed by atoms with Crippen molar-refractivity contribution in [2.75, 3.05) is 6.54 Å². The third-order valence-corrected chi connectivity index (χ3v) is 11.0. The van der Waals surface area contributed by atoms with E-state index in [-0.39, 0.29) is 18.2 Å². The summed E-state index contributed by atoms with van der Waals surface area (Å²) in [5, 5.41) is 5.62. The summed E-state index contributed by atoms with van der Waals surface area (Å²) in [5.74, 6) is -1.69. The van der Waals surface area contributed by atoms with E-state index in [0.29, 0.717) is 51.5 Å². The van der Waals surface area contributed by atoms with Crippen LogP contribution in [0.15, 0.2) is 12.7 Å². The quantitative estimate of drug-likeness (QED) is 0.400. The average molecular weight is 595 g/mol. The van der Waals surface area contributed by atoms with Crippen LogP contribution in [0.3, 0.4) is 0 Å². The molecule has 4 rings (SSSR count). The van der Waals surface area contributed by atoms with Gasteiger partial charge >= 0.3 is 6.09 Å². The van der Waals surface area contributed by atoms with Crippen molar-refractivity contribution in [3.05, 3.63) is 12.7 Å². The summed E-state index contributed by atoms with van der Waals surface area (Å²) in [6, 6.07) is -1.65. The number of carbonyl (C=O) groups excluding carboxylic acids is 4. The topological polar surface area (TPSA) is 151 Å². The zero-order chi connectivity index (χ0) is 30.1. The van der Waals surface area contributed by atoms with E-state index in [4.69, 9.17) is 4.74 Å². The molecule has 0 unspecified atom stereocenters. The van der Waals surface area contributed by atoms with Crippen molar-refractivity contribution in [1.82, 2.24) is 20.3 Å². The molecule has 4 atom stereocenters. The molecule has 4 fully saturated rings. The molecule has 0 bridgehead atoms. The Hall–Kier alpha value is -2.63. The molecule has 3 N–H and O–H groups in total. The highest BCUT2D eigenvalue weighted by Gasteiger charge is 2.63. The number of nitrogens with one attached hydrogen (secondary N) is 3. The molecule has 2 aliphatic heterocycles. The summed E-state index contributed by atoms with van der Waals surface area (Å²) in [7, 11) is -3.95. The molecule has 2 aliphatic carbocycles. The Morgan fingerprint density at radius 3 is 2.37 bits per heavy atom. The minimum absolute atomic E-state index is 0.173. The van der Waals surface area contributed by atoms with Crippen molar-refractivity contribution >= 4 is 33.8 Å². The minimum atomic E-state index is -3.95. The Bertz CT molecular complexity index is 1160. The molecular formula is C29H46N4O7S. The van der Waals surface area contributed by atoms with Gasteiger partial charge in [0.2, 0.25) is 21.8 Å². The second-order valence-electron chi connectivity index (χ2n) is 13.2. The standard InChI is InChI=1S/C29H46N4O7S/c1-5-15-28(16-17-28)41(38,39)32-25(36)29-19-20(29)12-9-7-6-8-10-13-21(30-26(37)40-27(2,3)4)24(35)33-18-11-14-22(33)23(34)31-29/h5,20-22H,1,6-19H2,2-4H3,(H,30,37)(H,31,34)(H,32,36)/t20-,21+,22+,29-/m1/s1. The zero-order valence-corrected chi connectivity index (χ0v) is 25.4. The van der Waals surface area contributed by atoms with Gasteiger partial charge in [-0.2, -0.15) is 0 Å². The maximum absolute atomic E-state index is 13.7. The fraction of sp³-hybridized carbons (Fsp3) is 0.793. The van der Waals surface area contributed by atoms with Gasteiger partial charge in [0, 0.05) is 6.54 Å². The van der Waals surface area contributed by atoms with Gasteiger partial charge in [-0.3, -0.25) is 19.1 Å². The van der Waals surface area contributed by atoms with Crippen LogP contribution in [0.2, 0.25) is 0 Å². The summed E-state index contributed by atoms with van der Waals surface area (Å²) in [5.41, 5.74) is -2.04. The number of allylic oxidation sites excluding steroid dienone is 1. The molecule has 0 aromatic rings. The van der Waals surface area contributed by atoms with Crippen LogP contribution in [0.5, 0.6) is 0 Å². The molecule has 2 saturated heterocycles. The second kappa shape index (κ2) is 11.9. The van der Waals surface area contributed by atoms with Gasteiger partial charge in [0.05, 0.1) is 4.75 Å². The van der Waals surface area contributed by atoms with Gasteiger partial charge < -0.3 is 20.3 Å². The average Bonchev–Trinajstić information content (AvgIpc) is 3.75. The Balaban J connectivity index is 1.53. The van der Waals surface area contributed by atoms with Crippen LogP contribution in [-0.4, -0.2) is 71.6 Å². The van der Waals surface area contributed by atoms with E-state index in [1.165, 1.54) is 4.90 Å². The molecule has 4 amide bonds. The third-order valence-electron chi connectivity index (χ3n) is 8.85. The Kier molecular flexibility index (Phi) is 9.11. The van der Waals surface area contributed by atoms with Gasteiger partial charge in [0.25, 0.3) is 5.91 Å². The number of fused-ring (bicyclic) bond motifs is 2. The van der Waals surface area contributed by atoms with E-state index >= 15 is 0 Å².